The van der Waals surface area contributed by atoms with Gasteiger partial charge in [0.05, 0.1) is 10.9 Å². The van der Waals surface area contributed by atoms with Crippen molar-refractivity contribution in [3.8, 4) is 11.5 Å². The molecule has 5 nitrogen and oxygen atoms in total. The zero-order valence-electron chi connectivity index (χ0n) is 12.1. The van der Waals surface area contributed by atoms with Gasteiger partial charge in [0.2, 0.25) is 11.7 Å². The molecular formula is C15H19ClN4O. The Morgan fingerprint density at radius 1 is 1.33 bits per heavy atom. The van der Waals surface area contributed by atoms with Gasteiger partial charge in [-0.2, -0.15) is 4.98 Å². The van der Waals surface area contributed by atoms with Crippen molar-refractivity contribution in [1.82, 2.24) is 20.4 Å². The minimum Gasteiger partial charge on any atom is -0.339 e. The Balaban J connectivity index is 1.81. The Hall–Kier alpha value is -1.46. The lowest BCUT2D eigenvalue weighted by atomic mass is 9.84. The number of hydrogen-bond acceptors (Lipinski definition) is 5. The molecule has 6 heteroatoms. The smallest absolute Gasteiger partial charge is 0.231 e. The van der Waals surface area contributed by atoms with Gasteiger partial charge >= 0.3 is 0 Å². The number of nitrogens with one attached hydrogen (secondary N) is 1. The van der Waals surface area contributed by atoms with E-state index in [0.29, 0.717) is 34.4 Å². The van der Waals surface area contributed by atoms with Crippen molar-refractivity contribution in [3.05, 3.63) is 29.2 Å². The summed E-state index contributed by atoms with van der Waals surface area (Å²) >= 11 is 5.84. The lowest BCUT2D eigenvalue weighted by Crippen LogP contribution is -2.37. The molecule has 0 aromatic carbocycles. The zero-order chi connectivity index (χ0) is 14.7. The second-order valence-corrected chi connectivity index (χ2v) is 5.81. The number of aromatic nitrogens is 3. The minimum absolute atomic E-state index is 0.298. The Kier molecular flexibility index (Phi) is 4.51. The first-order valence-corrected chi connectivity index (χ1v) is 7.84. The maximum atomic E-state index is 5.84. The first kappa shape index (κ1) is 14.5. The average Bonchev–Trinajstić information content (AvgIpc) is 2.99. The van der Waals surface area contributed by atoms with Crippen molar-refractivity contribution in [2.75, 3.05) is 6.54 Å². The van der Waals surface area contributed by atoms with Crippen LogP contribution in [0.1, 0.15) is 44.4 Å². The quantitative estimate of drug-likeness (QED) is 0.937. The van der Waals surface area contributed by atoms with Crippen molar-refractivity contribution in [2.24, 2.45) is 0 Å². The zero-order valence-corrected chi connectivity index (χ0v) is 12.8. The highest BCUT2D eigenvalue weighted by atomic mass is 35.5. The van der Waals surface area contributed by atoms with Gasteiger partial charge < -0.3 is 9.84 Å². The molecule has 2 heterocycles. The van der Waals surface area contributed by atoms with Crippen LogP contribution in [0, 0.1) is 0 Å². The Labute approximate surface area is 129 Å². The molecule has 0 radical (unpaired) electrons. The molecule has 1 aliphatic carbocycles. The topological polar surface area (TPSA) is 63.8 Å². The number of hydrogen-bond donors (Lipinski definition) is 1. The summed E-state index contributed by atoms with van der Waals surface area (Å²) in [5.74, 6) is 1.54. The molecule has 2 atom stereocenters. The first-order chi connectivity index (χ1) is 10.3. The van der Waals surface area contributed by atoms with Crippen LogP contribution in [0.3, 0.4) is 0 Å². The fourth-order valence-corrected chi connectivity index (χ4v) is 3.04. The van der Waals surface area contributed by atoms with Gasteiger partial charge in [0, 0.05) is 12.2 Å². The molecular weight excluding hydrogens is 288 g/mol. The molecule has 2 unspecified atom stereocenters. The van der Waals surface area contributed by atoms with Crippen LogP contribution in [-0.2, 0) is 0 Å². The van der Waals surface area contributed by atoms with Crippen LogP contribution in [0.5, 0.6) is 0 Å². The third-order valence-electron chi connectivity index (χ3n) is 3.95. The summed E-state index contributed by atoms with van der Waals surface area (Å²) in [6, 6.07) is 4.01. The van der Waals surface area contributed by atoms with Gasteiger partial charge in [-0.3, -0.25) is 4.98 Å². The summed E-state index contributed by atoms with van der Waals surface area (Å²) < 4.78 is 5.49. The molecule has 1 fully saturated rings. The largest absolute Gasteiger partial charge is 0.339 e. The summed E-state index contributed by atoms with van der Waals surface area (Å²) in [5, 5.41) is 8.19. The van der Waals surface area contributed by atoms with Crippen LogP contribution in [0.2, 0.25) is 5.02 Å². The van der Waals surface area contributed by atoms with Crippen LogP contribution in [-0.4, -0.2) is 27.7 Å². The summed E-state index contributed by atoms with van der Waals surface area (Å²) in [4.78, 5) is 8.77. The minimum atomic E-state index is 0.298. The Bertz CT molecular complexity index is 582. The van der Waals surface area contributed by atoms with E-state index in [1.165, 1.54) is 12.8 Å². The lowest BCUT2D eigenvalue weighted by molar-refractivity contribution is 0.265. The van der Waals surface area contributed by atoms with Gasteiger partial charge in [-0.1, -0.05) is 36.5 Å². The van der Waals surface area contributed by atoms with Gasteiger partial charge in [0.15, 0.2) is 0 Å². The van der Waals surface area contributed by atoms with Gasteiger partial charge in [-0.05, 0) is 31.5 Å². The van der Waals surface area contributed by atoms with Crippen molar-refractivity contribution >= 4 is 11.6 Å². The summed E-state index contributed by atoms with van der Waals surface area (Å²) in [5.41, 5.74) is 0.685. The van der Waals surface area contributed by atoms with E-state index in [2.05, 4.69) is 27.4 Å². The van der Waals surface area contributed by atoms with Gasteiger partial charge in [-0.15, -0.1) is 0 Å². The number of likely N-dealkylation sites (N-methyl/N-ethyl adjacent to an activating group) is 1. The highest BCUT2D eigenvalue weighted by Crippen LogP contribution is 2.33. The molecule has 1 N–H and O–H groups in total. The molecule has 0 saturated heterocycles. The van der Waals surface area contributed by atoms with E-state index in [1.807, 2.05) is 0 Å². The number of halogens is 1. The molecule has 2 aromatic heterocycles. The molecule has 1 aliphatic rings. The third kappa shape index (κ3) is 3.24. The fourth-order valence-electron chi connectivity index (χ4n) is 2.93. The van der Waals surface area contributed by atoms with Crippen LogP contribution >= 0.6 is 11.6 Å². The third-order valence-corrected chi connectivity index (χ3v) is 4.17. The van der Waals surface area contributed by atoms with Crippen LogP contribution < -0.4 is 5.32 Å². The van der Waals surface area contributed by atoms with E-state index < -0.39 is 0 Å². The van der Waals surface area contributed by atoms with E-state index in [9.17, 15) is 0 Å². The predicted octanol–water partition coefficient (Wildman–Crippen LogP) is 3.42. The van der Waals surface area contributed by atoms with Crippen molar-refractivity contribution < 1.29 is 4.52 Å². The molecule has 0 spiro atoms. The van der Waals surface area contributed by atoms with E-state index in [1.54, 1.807) is 18.3 Å². The van der Waals surface area contributed by atoms with Crippen molar-refractivity contribution in [3.63, 3.8) is 0 Å². The van der Waals surface area contributed by atoms with E-state index in [0.717, 1.165) is 19.4 Å². The second kappa shape index (κ2) is 6.54. The molecule has 0 amide bonds. The lowest BCUT2D eigenvalue weighted by Gasteiger charge is -2.29. The van der Waals surface area contributed by atoms with Gasteiger partial charge in [-0.25, -0.2) is 0 Å². The fraction of sp³-hybridized carbons (Fsp3) is 0.533. The first-order valence-electron chi connectivity index (χ1n) is 7.47. The highest BCUT2D eigenvalue weighted by molar-refractivity contribution is 6.30. The van der Waals surface area contributed by atoms with Crippen molar-refractivity contribution in [2.45, 2.75) is 44.6 Å². The number of pyridine rings is 1. The summed E-state index contributed by atoms with van der Waals surface area (Å²) in [6.45, 7) is 3.09. The summed E-state index contributed by atoms with van der Waals surface area (Å²) in [6.07, 6.45) is 6.31. The Morgan fingerprint density at radius 3 is 2.95 bits per heavy atom. The number of rotatable bonds is 4. The van der Waals surface area contributed by atoms with Crippen LogP contribution in [0.25, 0.3) is 11.5 Å². The monoisotopic (exact) mass is 306 g/mol. The molecule has 2 aromatic rings. The maximum Gasteiger partial charge on any atom is 0.231 e. The summed E-state index contributed by atoms with van der Waals surface area (Å²) in [7, 11) is 0. The van der Waals surface area contributed by atoms with Crippen LogP contribution in [0.15, 0.2) is 22.9 Å². The van der Waals surface area contributed by atoms with Gasteiger partial charge in [0.25, 0.3) is 0 Å². The van der Waals surface area contributed by atoms with Crippen LogP contribution in [0.4, 0.5) is 0 Å². The molecule has 112 valence electrons. The standard InChI is InChI=1S/C15H19ClN4O/c1-2-17-12-6-4-3-5-11(12)15-19-14(20-21-15)13-8-7-10(16)9-18-13/h7-9,11-12,17H,2-6H2,1H3. The molecule has 1 saturated carbocycles. The predicted molar refractivity (Wildman–Crippen MR) is 81.2 cm³/mol. The second-order valence-electron chi connectivity index (χ2n) is 5.37. The number of nitrogens with zero attached hydrogens (tertiary/aromatic N) is 3. The maximum absolute atomic E-state index is 5.84. The highest BCUT2D eigenvalue weighted by Gasteiger charge is 2.30. The van der Waals surface area contributed by atoms with E-state index in [-0.39, 0.29) is 0 Å². The molecule has 21 heavy (non-hydrogen) atoms. The molecule has 0 bridgehead atoms. The van der Waals surface area contributed by atoms with Gasteiger partial charge in [0.1, 0.15) is 5.69 Å². The SMILES string of the molecule is CCNC1CCCCC1c1nc(-c2ccc(Cl)cn2)no1. The normalized spacial score (nSPS) is 22.4. The molecule has 3 rings (SSSR count). The average molecular weight is 307 g/mol. The van der Waals surface area contributed by atoms with E-state index >= 15 is 0 Å². The Morgan fingerprint density at radius 2 is 2.19 bits per heavy atom. The van der Waals surface area contributed by atoms with Crippen molar-refractivity contribution in [1.29, 1.82) is 0 Å². The molecule has 0 aliphatic heterocycles. The van der Waals surface area contributed by atoms with E-state index in [4.69, 9.17) is 16.1 Å².